The van der Waals surface area contributed by atoms with Crippen LogP contribution in [-0.2, 0) is 4.79 Å². The molecular formula is C18H22FN5O2S. The fourth-order valence-corrected chi connectivity index (χ4v) is 2.66. The van der Waals surface area contributed by atoms with Gasteiger partial charge in [0.15, 0.2) is 0 Å². The van der Waals surface area contributed by atoms with Crippen LogP contribution >= 0.6 is 11.8 Å². The summed E-state index contributed by atoms with van der Waals surface area (Å²) in [7, 11) is 0. The van der Waals surface area contributed by atoms with Gasteiger partial charge in [0.1, 0.15) is 11.6 Å². The highest BCUT2D eigenvalue weighted by Gasteiger charge is 2.21. The second-order valence-corrected chi connectivity index (χ2v) is 8.15. The molecule has 0 aliphatic heterocycles. The van der Waals surface area contributed by atoms with Crippen LogP contribution in [0.15, 0.2) is 29.4 Å². The first-order valence-electron chi connectivity index (χ1n) is 8.28. The highest BCUT2D eigenvalue weighted by molar-refractivity contribution is 8.00. The van der Waals surface area contributed by atoms with Crippen LogP contribution < -0.4 is 10.6 Å². The summed E-state index contributed by atoms with van der Waals surface area (Å²) < 4.78 is 12.9. The smallest absolute Gasteiger partial charge is 0.321 e. The first-order valence-corrected chi connectivity index (χ1v) is 9.16. The molecule has 2 rings (SSSR count). The molecule has 0 bridgehead atoms. The molecule has 3 amide bonds. The minimum absolute atomic E-state index is 0.297. The van der Waals surface area contributed by atoms with Crippen molar-refractivity contribution >= 4 is 35.9 Å². The number of carbonyl (C=O) groups excluding carboxylic acids is 2. The van der Waals surface area contributed by atoms with E-state index in [1.807, 2.05) is 20.8 Å². The minimum atomic E-state index is -0.555. The van der Waals surface area contributed by atoms with Gasteiger partial charge in [-0.25, -0.2) is 14.2 Å². The Hall–Kier alpha value is -2.68. The van der Waals surface area contributed by atoms with Crippen molar-refractivity contribution in [2.24, 2.45) is 0 Å². The normalized spacial score (nSPS) is 12.8. The van der Waals surface area contributed by atoms with Crippen molar-refractivity contribution < 1.29 is 14.0 Å². The molecule has 1 aromatic heterocycles. The van der Waals surface area contributed by atoms with E-state index in [1.165, 1.54) is 12.1 Å². The predicted molar refractivity (Wildman–Crippen MR) is 103 cm³/mol. The summed E-state index contributed by atoms with van der Waals surface area (Å²) in [6, 6.07) is 5.49. The summed E-state index contributed by atoms with van der Waals surface area (Å²) in [5.41, 5.74) is 0.385. The molecule has 1 heterocycles. The Balaban J connectivity index is 1.89. The molecule has 7 nitrogen and oxygen atoms in total. The molecule has 0 spiro atoms. The van der Waals surface area contributed by atoms with Crippen LogP contribution in [0.4, 0.5) is 9.18 Å². The van der Waals surface area contributed by atoms with Gasteiger partial charge >= 0.3 is 6.03 Å². The fraction of sp³-hybridized carbons (Fsp3) is 0.333. The number of halogens is 1. The van der Waals surface area contributed by atoms with Crippen LogP contribution in [-0.4, -0.2) is 37.9 Å². The molecule has 1 aromatic carbocycles. The SMILES string of the molecule is CC(Sc1n[nH]c(/C=C/c2ccc(F)cc2)n1)C(=O)NC(=O)NC(C)(C)C. The molecule has 2 aromatic rings. The summed E-state index contributed by atoms with van der Waals surface area (Å²) in [5, 5.41) is 11.6. The third-order valence-electron chi connectivity index (χ3n) is 3.16. The number of aromatic amines is 1. The van der Waals surface area contributed by atoms with Gasteiger partial charge in [0, 0.05) is 5.54 Å². The molecule has 27 heavy (non-hydrogen) atoms. The summed E-state index contributed by atoms with van der Waals surface area (Å²) in [6.45, 7) is 7.13. The maximum Gasteiger partial charge on any atom is 0.321 e. The van der Waals surface area contributed by atoms with Crippen LogP contribution in [0, 0.1) is 5.82 Å². The zero-order valence-electron chi connectivity index (χ0n) is 15.5. The Kier molecular flexibility index (Phi) is 6.73. The molecule has 0 fully saturated rings. The summed E-state index contributed by atoms with van der Waals surface area (Å²) >= 11 is 1.13. The van der Waals surface area contributed by atoms with E-state index in [0.29, 0.717) is 11.0 Å². The Morgan fingerprint density at radius 1 is 1.22 bits per heavy atom. The predicted octanol–water partition coefficient (Wildman–Crippen LogP) is 3.22. The van der Waals surface area contributed by atoms with Gasteiger partial charge in [-0.05, 0) is 51.5 Å². The zero-order chi connectivity index (χ0) is 20.0. The number of carbonyl (C=O) groups is 2. The van der Waals surface area contributed by atoms with Crippen molar-refractivity contribution in [2.45, 2.75) is 43.6 Å². The summed E-state index contributed by atoms with van der Waals surface area (Å²) in [4.78, 5) is 28.1. The number of amides is 3. The molecule has 3 N–H and O–H groups in total. The molecule has 0 aliphatic rings. The van der Waals surface area contributed by atoms with Gasteiger partial charge in [-0.1, -0.05) is 30.0 Å². The average molecular weight is 391 g/mol. The zero-order valence-corrected chi connectivity index (χ0v) is 16.4. The van der Waals surface area contributed by atoms with Crippen molar-refractivity contribution in [1.82, 2.24) is 25.8 Å². The number of imide groups is 1. The second kappa shape index (κ2) is 8.81. The molecule has 0 saturated heterocycles. The molecule has 1 atom stereocenters. The Morgan fingerprint density at radius 2 is 1.89 bits per heavy atom. The lowest BCUT2D eigenvalue weighted by Crippen LogP contribution is -2.49. The van der Waals surface area contributed by atoms with E-state index in [4.69, 9.17) is 0 Å². The number of hydrogen-bond acceptors (Lipinski definition) is 5. The number of H-pyrrole nitrogens is 1. The first-order chi connectivity index (χ1) is 12.6. The fourth-order valence-electron chi connectivity index (χ4n) is 1.93. The number of urea groups is 1. The van der Waals surface area contributed by atoms with E-state index < -0.39 is 22.7 Å². The molecule has 0 aliphatic carbocycles. The van der Waals surface area contributed by atoms with E-state index in [1.54, 1.807) is 31.2 Å². The summed E-state index contributed by atoms with van der Waals surface area (Å²) in [6.07, 6.45) is 3.47. The quantitative estimate of drug-likeness (QED) is 0.680. The molecule has 1 unspecified atom stereocenters. The molecule has 0 radical (unpaired) electrons. The number of rotatable bonds is 5. The van der Waals surface area contributed by atoms with Gasteiger partial charge in [-0.3, -0.25) is 15.2 Å². The molecule has 144 valence electrons. The minimum Gasteiger partial charge on any atom is -0.333 e. The van der Waals surface area contributed by atoms with Crippen LogP contribution in [0.2, 0.25) is 0 Å². The second-order valence-electron chi connectivity index (χ2n) is 6.84. The van der Waals surface area contributed by atoms with E-state index >= 15 is 0 Å². The Morgan fingerprint density at radius 3 is 2.52 bits per heavy atom. The van der Waals surface area contributed by atoms with Crippen LogP contribution in [0.25, 0.3) is 12.2 Å². The highest BCUT2D eigenvalue weighted by atomic mass is 32.2. The third-order valence-corrected chi connectivity index (χ3v) is 4.12. The van der Waals surface area contributed by atoms with Gasteiger partial charge in [-0.15, -0.1) is 5.10 Å². The van der Waals surface area contributed by atoms with Crippen molar-refractivity contribution in [1.29, 1.82) is 0 Å². The van der Waals surface area contributed by atoms with Gasteiger partial charge in [0.05, 0.1) is 5.25 Å². The monoisotopic (exact) mass is 391 g/mol. The Bertz CT molecular complexity index is 827. The van der Waals surface area contributed by atoms with E-state index in [-0.39, 0.29) is 5.82 Å². The van der Waals surface area contributed by atoms with Gasteiger partial charge in [0.2, 0.25) is 11.1 Å². The number of benzene rings is 1. The van der Waals surface area contributed by atoms with E-state index in [2.05, 4.69) is 25.8 Å². The number of nitrogens with zero attached hydrogens (tertiary/aromatic N) is 2. The maximum atomic E-state index is 12.9. The van der Waals surface area contributed by atoms with Crippen molar-refractivity contribution in [3.63, 3.8) is 0 Å². The van der Waals surface area contributed by atoms with Gasteiger partial charge < -0.3 is 5.32 Å². The molecule has 0 saturated carbocycles. The molecule has 9 heteroatoms. The number of thioether (sulfide) groups is 1. The standard InChI is InChI=1S/C18H22FN5O2S/c1-11(15(25)21-16(26)22-18(2,3)4)27-17-20-14(23-24-17)10-7-12-5-8-13(19)9-6-12/h5-11H,1-4H3,(H,20,23,24)(H2,21,22,25,26)/b10-7+. The lowest BCUT2D eigenvalue weighted by atomic mass is 10.1. The topological polar surface area (TPSA) is 99.8 Å². The lowest BCUT2D eigenvalue weighted by molar-refractivity contribution is -0.119. The Labute approximate surface area is 161 Å². The largest absolute Gasteiger partial charge is 0.333 e. The van der Waals surface area contributed by atoms with E-state index in [9.17, 15) is 14.0 Å². The third kappa shape index (κ3) is 7.22. The highest BCUT2D eigenvalue weighted by Crippen LogP contribution is 2.19. The number of nitrogens with one attached hydrogen (secondary N) is 3. The van der Waals surface area contributed by atoms with Crippen LogP contribution in [0.5, 0.6) is 0 Å². The number of hydrogen-bond donors (Lipinski definition) is 3. The lowest BCUT2D eigenvalue weighted by Gasteiger charge is -2.20. The van der Waals surface area contributed by atoms with Gasteiger partial charge in [-0.2, -0.15) is 0 Å². The van der Waals surface area contributed by atoms with E-state index in [0.717, 1.165) is 17.3 Å². The van der Waals surface area contributed by atoms with Crippen LogP contribution in [0.1, 0.15) is 39.1 Å². The average Bonchev–Trinajstić information content (AvgIpc) is 3.00. The number of aromatic nitrogens is 3. The van der Waals surface area contributed by atoms with Crippen molar-refractivity contribution in [3.8, 4) is 0 Å². The van der Waals surface area contributed by atoms with Crippen LogP contribution in [0.3, 0.4) is 0 Å². The first kappa shape index (κ1) is 20.6. The maximum absolute atomic E-state index is 12.9. The van der Waals surface area contributed by atoms with Gasteiger partial charge in [0.25, 0.3) is 0 Å². The van der Waals surface area contributed by atoms with Crippen molar-refractivity contribution in [3.05, 3.63) is 41.5 Å². The molecular weight excluding hydrogens is 369 g/mol. The van der Waals surface area contributed by atoms with Crippen molar-refractivity contribution in [2.75, 3.05) is 0 Å². The summed E-state index contributed by atoms with van der Waals surface area (Å²) in [5.74, 6) is -0.233.